The van der Waals surface area contributed by atoms with Crippen LogP contribution in [0.15, 0.2) is 42.5 Å². The van der Waals surface area contributed by atoms with Gasteiger partial charge in [-0.15, -0.1) is 0 Å². The molecule has 1 aliphatic carbocycles. The number of aromatic nitrogens is 2. The fourth-order valence-corrected chi connectivity index (χ4v) is 3.55. The fourth-order valence-electron chi connectivity index (χ4n) is 3.55. The van der Waals surface area contributed by atoms with Gasteiger partial charge in [-0.2, -0.15) is 5.10 Å². The first kappa shape index (κ1) is 16.5. The van der Waals surface area contributed by atoms with Crippen LogP contribution in [0.2, 0.25) is 0 Å². The van der Waals surface area contributed by atoms with E-state index in [1.807, 2.05) is 32.0 Å². The minimum absolute atomic E-state index is 0.198. The third-order valence-corrected chi connectivity index (χ3v) is 4.85. The normalized spacial score (nSPS) is 12.9. The van der Waals surface area contributed by atoms with Gasteiger partial charge in [-0.3, -0.25) is 4.79 Å². The summed E-state index contributed by atoms with van der Waals surface area (Å²) in [6.07, 6.45) is 2.71. The van der Waals surface area contributed by atoms with E-state index in [0.717, 1.165) is 53.0 Å². The van der Waals surface area contributed by atoms with E-state index in [-0.39, 0.29) is 11.7 Å². The molecular weight excluding hydrogens is 329 g/mol. The molecule has 1 aromatic heterocycles. The zero-order valence-electron chi connectivity index (χ0n) is 14.8. The maximum absolute atomic E-state index is 13.2. The minimum atomic E-state index is -0.287. The Morgan fingerprint density at radius 1 is 1.12 bits per heavy atom. The van der Waals surface area contributed by atoms with E-state index < -0.39 is 0 Å². The van der Waals surface area contributed by atoms with Gasteiger partial charge in [0.2, 0.25) is 0 Å². The van der Waals surface area contributed by atoms with Crippen molar-refractivity contribution in [3.8, 4) is 5.69 Å². The monoisotopic (exact) mass is 349 g/mol. The van der Waals surface area contributed by atoms with E-state index >= 15 is 0 Å². The maximum Gasteiger partial charge on any atom is 0.276 e. The summed E-state index contributed by atoms with van der Waals surface area (Å²) in [5, 5.41) is 7.54. The molecule has 132 valence electrons. The van der Waals surface area contributed by atoms with Gasteiger partial charge < -0.3 is 5.32 Å². The third kappa shape index (κ3) is 2.90. The molecule has 0 bridgehead atoms. The van der Waals surface area contributed by atoms with Crippen LogP contribution in [0.25, 0.3) is 5.69 Å². The SMILES string of the molecule is Cc1ccc(NC(=O)c2nn(-c3ccc(F)cc3)c3c2CCC3)c(C)c1. The molecule has 0 aliphatic heterocycles. The Labute approximate surface area is 151 Å². The van der Waals surface area contributed by atoms with Crippen molar-refractivity contribution < 1.29 is 9.18 Å². The van der Waals surface area contributed by atoms with Crippen LogP contribution >= 0.6 is 0 Å². The van der Waals surface area contributed by atoms with Crippen molar-refractivity contribution in [2.75, 3.05) is 5.32 Å². The highest BCUT2D eigenvalue weighted by molar-refractivity contribution is 6.04. The Bertz CT molecular complexity index is 989. The number of nitrogens with zero attached hydrogens (tertiary/aromatic N) is 2. The Morgan fingerprint density at radius 3 is 2.62 bits per heavy atom. The largest absolute Gasteiger partial charge is 0.320 e. The van der Waals surface area contributed by atoms with Crippen molar-refractivity contribution in [3.63, 3.8) is 0 Å². The first-order valence-electron chi connectivity index (χ1n) is 8.78. The lowest BCUT2D eigenvalue weighted by Gasteiger charge is -2.08. The van der Waals surface area contributed by atoms with Crippen molar-refractivity contribution in [2.24, 2.45) is 0 Å². The molecule has 0 radical (unpaired) electrons. The molecule has 1 N–H and O–H groups in total. The average molecular weight is 349 g/mol. The Kier molecular flexibility index (Phi) is 4.07. The van der Waals surface area contributed by atoms with E-state index in [1.165, 1.54) is 12.1 Å². The molecule has 0 saturated carbocycles. The van der Waals surface area contributed by atoms with E-state index in [0.29, 0.717) is 5.69 Å². The van der Waals surface area contributed by atoms with E-state index in [9.17, 15) is 9.18 Å². The highest BCUT2D eigenvalue weighted by Crippen LogP contribution is 2.28. The molecule has 5 heteroatoms. The molecule has 4 rings (SSSR count). The second-order valence-electron chi connectivity index (χ2n) is 6.79. The summed E-state index contributed by atoms with van der Waals surface area (Å²) in [6, 6.07) is 12.1. The standard InChI is InChI=1S/C21H20FN3O/c1-13-6-11-18(14(2)12-13)23-21(26)20-17-4-3-5-19(17)25(24-20)16-9-7-15(22)8-10-16/h6-12H,3-5H2,1-2H3,(H,23,26). The topological polar surface area (TPSA) is 46.9 Å². The van der Waals surface area contributed by atoms with Gasteiger partial charge >= 0.3 is 0 Å². The highest BCUT2D eigenvalue weighted by Gasteiger charge is 2.27. The molecule has 3 aromatic rings. The van der Waals surface area contributed by atoms with Crippen LogP contribution in [0.3, 0.4) is 0 Å². The van der Waals surface area contributed by atoms with Crippen LogP contribution < -0.4 is 5.32 Å². The minimum Gasteiger partial charge on any atom is -0.320 e. The molecule has 4 nitrogen and oxygen atoms in total. The molecule has 1 aliphatic rings. The lowest BCUT2D eigenvalue weighted by Crippen LogP contribution is -2.15. The molecule has 0 atom stereocenters. The zero-order chi connectivity index (χ0) is 18.3. The van der Waals surface area contributed by atoms with Crippen molar-refractivity contribution in [1.29, 1.82) is 0 Å². The predicted octanol–water partition coefficient (Wildman–Crippen LogP) is 4.37. The summed E-state index contributed by atoms with van der Waals surface area (Å²) < 4.78 is 15.0. The summed E-state index contributed by atoms with van der Waals surface area (Å²) in [7, 11) is 0. The molecule has 2 aromatic carbocycles. The number of amides is 1. The lowest BCUT2D eigenvalue weighted by atomic mass is 10.1. The predicted molar refractivity (Wildman–Crippen MR) is 99.4 cm³/mol. The third-order valence-electron chi connectivity index (χ3n) is 4.85. The number of anilines is 1. The second-order valence-corrected chi connectivity index (χ2v) is 6.79. The number of carbonyl (C=O) groups is 1. The van der Waals surface area contributed by atoms with Crippen LogP contribution in [0.1, 0.15) is 39.3 Å². The highest BCUT2D eigenvalue weighted by atomic mass is 19.1. The van der Waals surface area contributed by atoms with Crippen LogP contribution in [-0.2, 0) is 12.8 Å². The van der Waals surface area contributed by atoms with E-state index in [1.54, 1.807) is 16.8 Å². The van der Waals surface area contributed by atoms with E-state index in [2.05, 4.69) is 10.4 Å². The van der Waals surface area contributed by atoms with Gasteiger partial charge in [-0.25, -0.2) is 9.07 Å². The van der Waals surface area contributed by atoms with Gasteiger partial charge in [0, 0.05) is 16.9 Å². The fraction of sp³-hybridized carbons (Fsp3) is 0.238. The van der Waals surface area contributed by atoms with Gasteiger partial charge in [0.25, 0.3) is 5.91 Å². The number of nitrogens with one attached hydrogen (secondary N) is 1. The number of rotatable bonds is 3. The number of carbonyl (C=O) groups excluding carboxylic acids is 1. The van der Waals surface area contributed by atoms with Crippen LogP contribution in [0.4, 0.5) is 10.1 Å². The van der Waals surface area contributed by atoms with Crippen molar-refractivity contribution in [1.82, 2.24) is 9.78 Å². The summed E-state index contributed by atoms with van der Waals surface area (Å²) in [4.78, 5) is 12.9. The molecule has 0 saturated heterocycles. The number of hydrogen-bond donors (Lipinski definition) is 1. The Balaban J connectivity index is 1.69. The average Bonchev–Trinajstić information content (AvgIpc) is 3.20. The molecular formula is C21H20FN3O. The number of benzene rings is 2. The van der Waals surface area contributed by atoms with E-state index in [4.69, 9.17) is 0 Å². The number of aryl methyl sites for hydroxylation is 2. The molecule has 0 fully saturated rings. The van der Waals surface area contributed by atoms with Gasteiger partial charge in [0.1, 0.15) is 5.82 Å². The van der Waals surface area contributed by atoms with Gasteiger partial charge in [0.15, 0.2) is 5.69 Å². The van der Waals surface area contributed by atoms with Crippen LogP contribution in [-0.4, -0.2) is 15.7 Å². The van der Waals surface area contributed by atoms with Crippen LogP contribution in [0, 0.1) is 19.7 Å². The van der Waals surface area contributed by atoms with Crippen molar-refractivity contribution in [2.45, 2.75) is 33.1 Å². The quantitative estimate of drug-likeness (QED) is 0.763. The van der Waals surface area contributed by atoms with Crippen LogP contribution in [0.5, 0.6) is 0 Å². The van der Waals surface area contributed by atoms with Crippen molar-refractivity contribution >= 4 is 11.6 Å². The summed E-state index contributed by atoms with van der Waals surface area (Å²) in [6.45, 7) is 4.00. The summed E-state index contributed by atoms with van der Waals surface area (Å²) in [5.41, 5.74) is 6.24. The molecule has 0 unspecified atom stereocenters. The molecule has 1 amide bonds. The summed E-state index contributed by atoms with van der Waals surface area (Å²) >= 11 is 0. The van der Waals surface area contributed by atoms with Gasteiger partial charge in [-0.1, -0.05) is 17.7 Å². The maximum atomic E-state index is 13.2. The number of hydrogen-bond acceptors (Lipinski definition) is 2. The number of halogens is 1. The van der Waals surface area contributed by atoms with Gasteiger partial charge in [-0.05, 0) is 69.0 Å². The van der Waals surface area contributed by atoms with Gasteiger partial charge in [0.05, 0.1) is 5.69 Å². The van der Waals surface area contributed by atoms with Crippen molar-refractivity contribution in [3.05, 3.63) is 76.4 Å². The first-order chi connectivity index (χ1) is 12.5. The smallest absolute Gasteiger partial charge is 0.276 e. The molecule has 0 spiro atoms. The second kappa shape index (κ2) is 6.41. The summed E-state index contributed by atoms with van der Waals surface area (Å²) in [5.74, 6) is -0.485. The lowest BCUT2D eigenvalue weighted by molar-refractivity contribution is 0.102. The number of fused-ring (bicyclic) bond motifs is 1. The molecule has 26 heavy (non-hydrogen) atoms. The Morgan fingerprint density at radius 2 is 1.88 bits per heavy atom. The Hall–Kier alpha value is -2.95. The first-order valence-corrected chi connectivity index (χ1v) is 8.78. The zero-order valence-corrected chi connectivity index (χ0v) is 14.8. The molecule has 1 heterocycles.